The summed E-state index contributed by atoms with van der Waals surface area (Å²) in [5.41, 5.74) is 1.38. The summed E-state index contributed by atoms with van der Waals surface area (Å²) in [6, 6.07) is 11.6. The molecule has 0 bridgehead atoms. The molecule has 0 radical (unpaired) electrons. The van der Waals surface area contributed by atoms with Crippen LogP contribution in [0.4, 0.5) is 0 Å². The number of aliphatic hydroxyl groups is 1. The number of likely N-dealkylation sites (tertiary alicyclic amines) is 1. The van der Waals surface area contributed by atoms with Crippen LogP contribution in [0.15, 0.2) is 30.3 Å². The van der Waals surface area contributed by atoms with E-state index in [1.165, 1.54) is 31.4 Å². The van der Waals surface area contributed by atoms with Crippen LogP contribution >= 0.6 is 0 Å². The monoisotopic (exact) mass is 262 g/mol. The Morgan fingerprint density at radius 3 is 2.79 bits per heavy atom. The lowest BCUT2D eigenvalue weighted by atomic mass is 9.93. The number of hydrogen-bond acceptors (Lipinski definition) is 3. The van der Waals surface area contributed by atoms with E-state index in [0.29, 0.717) is 12.1 Å². The van der Waals surface area contributed by atoms with Gasteiger partial charge >= 0.3 is 0 Å². The Morgan fingerprint density at radius 1 is 1.32 bits per heavy atom. The summed E-state index contributed by atoms with van der Waals surface area (Å²) in [6.07, 6.45) is 4.67. The molecule has 0 amide bonds. The van der Waals surface area contributed by atoms with Crippen molar-refractivity contribution in [2.45, 2.75) is 44.3 Å². The van der Waals surface area contributed by atoms with Crippen LogP contribution in [0.2, 0.25) is 0 Å². The van der Waals surface area contributed by atoms with E-state index in [9.17, 15) is 5.11 Å². The number of rotatable bonds is 6. The van der Waals surface area contributed by atoms with E-state index >= 15 is 0 Å². The van der Waals surface area contributed by atoms with Crippen LogP contribution in [-0.2, 0) is 6.54 Å². The first-order valence-electron chi connectivity index (χ1n) is 7.41. The summed E-state index contributed by atoms with van der Waals surface area (Å²) in [7, 11) is 2.01. The van der Waals surface area contributed by atoms with Crippen LogP contribution in [0.1, 0.15) is 31.2 Å². The Bertz CT molecular complexity index is 355. The van der Waals surface area contributed by atoms with Crippen LogP contribution in [0.25, 0.3) is 0 Å². The Balaban J connectivity index is 2.02. The van der Waals surface area contributed by atoms with Crippen LogP contribution < -0.4 is 5.32 Å². The molecule has 3 heteroatoms. The van der Waals surface area contributed by atoms with E-state index in [1.54, 1.807) is 0 Å². The molecule has 0 saturated carbocycles. The molecular formula is C16H26N2O. The van der Waals surface area contributed by atoms with Crippen LogP contribution in [0.5, 0.6) is 0 Å². The zero-order chi connectivity index (χ0) is 13.5. The smallest absolute Gasteiger partial charge is 0.0446 e. The van der Waals surface area contributed by atoms with Crippen LogP contribution in [-0.4, -0.2) is 42.3 Å². The number of nitrogens with one attached hydrogen (secondary N) is 1. The summed E-state index contributed by atoms with van der Waals surface area (Å²) in [5.74, 6) is 0. The molecule has 106 valence electrons. The minimum Gasteiger partial charge on any atom is -0.396 e. The first-order chi connectivity index (χ1) is 9.35. The van der Waals surface area contributed by atoms with Crippen molar-refractivity contribution in [2.24, 2.45) is 0 Å². The average Bonchev–Trinajstić information content (AvgIpc) is 2.47. The van der Waals surface area contributed by atoms with Gasteiger partial charge in [-0.3, -0.25) is 4.90 Å². The molecule has 0 aliphatic carbocycles. The van der Waals surface area contributed by atoms with Gasteiger partial charge in [-0.2, -0.15) is 0 Å². The molecule has 2 rings (SSSR count). The predicted octanol–water partition coefficient (Wildman–Crippen LogP) is 2.01. The molecule has 1 aliphatic rings. The lowest BCUT2D eigenvalue weighted by molar-refractivity contribution is 0.0977. The van der Waals surface area contributed by atoms with Gasteiger partial charge in [-0.05, 0) is 38.4 Å². The van der Waals surface area contributed by atoms with Crippen LogP contribution in [0.3, 0.4) is 0 Å². The average molecular weight is 262 g/mol. The summed E-state index contributed by atoms with van der Waals surface area (Å²) in [4.78, 5) is 2.58. The van der Waals surface area contributed by atoms with Crippen molar-refractivity contribution >= 4 is 0 Å². The van der Waals surface area contributed by atoms with Crippen LogP contribution in [0, 0.1) is 0 Å². The predicted molar refractivity (Wildman–Crippen MR) is 79.0 cm³/mol. The lowest BCUT2D eigenvalue weighted by Crippen LogP contribution is -2.51. The number of piperidine rings is 1. The molecule has 2 N–H and O–H groups in total. The summed E-state index contributed by atoms with van der Waals surface area (Å²) >= 11 is 0. The highest BCUT2D eigenvalue weighted by atomic mass is 16.3. The zero-order valence-corrected chi connectivity index (χ0v) is 11.9. The fraction of sp³-hybridized carbons (Fsp3) is 0.625. The number of hydrogen-bond donors (Lipinski definition) is 2. The first kappa shape index (κ1) is 14.5. The van der Waals surface area contributed by atoms with Gasteiger partial charge in [-0.15, -0.1) is 0 Å². The van der Waals surface area contributed by atoms with Gasteiger partial charge in [0.05, 0.1) is 0 Å². The molecule has 2 atom stereocenters. The maximum Gasteiger partial charge on any atom is 0.0446 e. The van der Waals surface area contributed by atoms with Gasteiger partial charge in [0.2, 0.25) is 0 Å². The highest BCUT2D eigenvalue weighted by Crippen LogP contribution is 2.23. The Kier molecular flexibility index (Phi) is 5.83. The molecule has 2 unspecified atom stereocenters. The van der Waals surface area contributed by atoms with Gasteiger partial charge in [-0.25, -0.2) is 0 Å². The SMILES string of the molecule is CNC(CCO)C1CCCCN1Cc1ccccc1. The molecule has 1 aromatic carbocycles. The van der Waals surface area contributed by atoms with Crippen molar-refractivity contribution in [1.29, 1.82) is 0 Å². The summed E-state index contributed by atoms with van der Waals surface area (Å²) in [5, 5.41) is 12.6. The molecule has 1 aromatic rings. The van der Waals surface area contributed by atoms with Crippen molar-refractivity contribution in [1.82, 2.24) is 10.2 Å². The topological polar surface area (TPSA) is 35.5 Å². The number of aliphatic hydroxyl groups excluding tert-OH is 1. The molecular weight excluding hydrogens is 236 g/mol. The van der Waals surface area contributed by atoms with E-state index in [0.717, 1.165) is 13.0 Å². The normalized spacial score (nSPS) is 22.3. The molecule has 1 saturated heterocycles. The van der Waals surface area contributed by atoms with Crippen molar-refractivity contribution < 1.29 is 5.11 Å². The Hall–Kier alpha value is -0.900. The Labute approximate surface area is 116 Å². The van der Waals surface area contributed by atoms with Gasteiger partial charge in [-0.1, -0.05) is 36.8 Å². The molecule has 3 nitrogen and oxygen atoms in total. The largest absolute Gasteiger partial charge is 0.396 e. The molecule has 0 aromatic heterocycles. The second-order valence-corrected chi connectivity index (χ2v) is 5.43. The molecule has 1 aliphatic heterocycles. The fourth-order valence-corrected chi connectivity index (χ4v) is 3.15. The lowest BCUT2D eigenvalue weighted by Gasteiger charge is -2.40. The van der Waals surface area contributed by atoms with Gasteiger partial charge in [0.25, 0.3) is 0 Å². The maximum atomic E-state index is 9.22. The third-order valence-electron chi connectivity index (χ3n) is 4.17. The second-order valence-electron chi connectivity index (χ2n) is 5.43. The molecule has 1 heterocycles. The number of benzene rings is 1. The van der Waals surface area contributed by atoms with Crippen molar-refractivity contribution in [3.05, 3.63) is 35.9 Å². The standard InChI is InChI=1S/C16H26N2O/c1-17-15(10-12-19)16-9-5-6-11-18(16)13-14-7-3-2-4-8-14/h2-4,7-8,15-17,19H,5-6,9-13H2,1H3. The minimum atomic E-state index is 0.265. The maximum absolute atomic E-state index is 9.22. The van der Waals surface area contributed by atoms with Crippen molar-refractivity contribution in [2.75, 3.05) is 20.2 Å². The Morgan fingerprint density at radius 2 is 2.11 bits per heavy atom. The van der Waals surface area contributed by atoms with E-state index in [1.807, 2.05) is 7.05 Å². The van der Waals surface area contributed by atoms with Gasteiger partial charge in [0, 0.05) is 25.2 Å². The van der Waals surface area contributed by atoms with Gasteiger partial charge in [0.1, 0.15) is 0 Å². The van der Waals surface area contributed by atoms with Gasteiger partial charge in [0.15, 0.2) is 0 Å². The van der Waals surface area contributed by atoms with E-state index in [4.69, 9.17) is 0 Å². The van der Waals surface area contributed by atoms with Crippen molar-refractivity contribution in [3.8, 4) is 0 Å². The minimum absolute atomic E-state index is 0.265. The number of likely N-dealkylation sites (N-methyl/N-ethyl adjacent to an activating group) is 1. The third-order valence-corrected chi connectivity index (χ3v) is 4.17. The zero-order valence-electron chi connectivity index (χ0n) is 11.9. The highest BCUT2D eigenvalue weighted by Gasteiger charge is 2.28. The summed E-state index contributed by atoms with van der Waals surface area (Å²) in [6.45, 7) is 2.46. The van der Waals surface area contributed by atoms with E-state index < -0.39 is 0 Å². The molecule has 19 heavy (non-hydrogen) atoms. The number of nitrogens with zero attached hydrogens (tertiary/aromatic N) is 1. The second kappa shape index (κ2) is 7.63. The third kappa shape index (κ3) is 4.03. The highest BCUT2D eigenvalue weighted by molar-refractivity contribution is 5.14. The molecule has 0 spiro atoms. The van der Waals surface area contributed by atoms with Crippen molar-refractivity contribution in [3.63, 3.8) is 0 Å². The van der Waals surface area contributed by atoms with E-state index in [2.05, 4.69) is 40.5 Å². The molecule has 1 fully saturated rings. The quantitative estimate of drug-likeness (QED) is 0.823. The van der Waals surface area contributed by atoms with E-state index in [-0.39, 0.29) is 6.61 Å². The van der Waals surface area contributed by atoms with Gasteiger partial charge < -0.3 is 10.4 Å². The fourth-order valence-electron chi connectivity index (χ4n) is 3.15. The first-order valence-corrected chi connectivity index (χ1v) is 7.41. The summed E-state index contributed by atoms with van der Waals surface area (Å²) < 4.78 is 0.